The molecule has 1 heteroatoms. The summed E-state index contributed by atoms with van der Waals surface area (Å²) in [7, 11) is 0. The highest BCUT2D eigenvalue weighted by Crippen LogP contribution is 2.27. The average Bonchev–Trinajstić information content (AvgIpc) is 3.03. The van der Waals surface area contributed by atoms with E-state index in [0.717, 1.165) is 6.54 Å². The largest absolute Gasteiger partial charge is 0.343 e. The molecule has 0 fully saturated rings. The van der Waals surface area contributed by atoms with Gasteiger partial charge in [0, 0.05) is 23.6 Å². The van der Waals surface area contributed by atoms with Gasteiger partial charge in [0.2, 0.25) is 0 Å². The van der Waals surface area contributed by atoms with E-state index in [1.54, 1.807) is 0 Å². The summed E-state index contributed by atoms with van der Waals surface area (Å²) in [5, 5.41) is 1.29. The normalized spacial score (nSPS) is 11.9. The van der Waals surface area contributed by atoms with Crippen molar-refractivity contribution in [3.63, 3.8) is 0 Å². The van der Waals surface area contributed by atoms with Gasteiger partial charge in [0.25, 0.3) is 0 Å². The molecule has 0 amide bonds. The number of aryl methyl sites for hydroxylation is 1. The van der Waals surface area contributed by atoms with E-state index in [-0.39, 0.29) is 5.41 Å². The Morgan fingerprint density at radius 3 is 2.22 bits per heavy atom. The maximum absolute atomic E-state index is 2.33. The van der Waals surface area contributed by atoms with E-state index >= 15 is 0 Å². The SMILES string of the molecule is Cc1cccc(-c2ccc3c(ccn3Cc3ccc(C(C)(C)C)cc3)c2)c1. The summed E-state index contributed by atoms with van der Waals surface area (Å²) < 4.78 is 2.33. The third kappa shape index (κ3) is 3.68. The van der Waals surface area contributed by atoms with Crippen LogP contribution in [0, 0.1) is 6.92 Å². The maximum Gasteiger partial charge on any atom is 0.0483 e. The summed E-state index contributed by atoms with van der Waals surface area (Å²) in [6.45, 7) is 9.81. The second-order valence-electron chi connectivity index (χ2n) is 8.53. The second kappa shape index (κ2) is 6.74. The molecule has 136 valence electrons. The molecule has 0 radical (unpaired) electrons. The average molecular weight is 354 g/mol. The first-order chi connectivity index (χ1) is 12.9. The molecule has 0 aliphatic carbocycles. The molecule has 1 nitrogen and oxygen atoms in total. The van der Waals surface area contributed by atoms with Gasteiger partial charge in [0.15, 0.2) is 0 Å². The minimum absolute atomic E-state index is 0.199. The lowest BCUT2D eigenvalue weighted by atomic mass is 9.87. The van der Waals surface area contributed by atoms with Gasteiger partial charge < -0.3 is 4.57 Å². The zero-order valence-corrected chi connectivity index (χ0v) is 16.7. The Bertz CT molecular complexity index is 1080. The molecule has 0 aliphatic heterocycles. The summed E-state index contributed by atoms with van der Waals surface area (Å²) in [5.41, 5.74) is 8.05. The first kappa shape index (κ1) is 17.6. The fourth-order valence-corrected chi connectivity index (χ4v) is 3.65. The second-order valence-corrected chi connectivity index (χ2v) is 8.53. The molecular weight excluding hydrogens is 326 g/mol. The maximum atomic E-state index is 2.33. The van der Waals surface area contributed by atoms with Crippen LogP contribution in [0.3, 0.4) is 0 Å². The molecule has 4 rings (SSSR count). The zero-order chi connectivity index (χ0) is 19.0. The fourth-order valence-electron chi connectivity index (χ4n) is 3.65. The molecule has 0 saturated carbocycles. The van der Waals surface area contributed by atoms with Crippen LogP contribution < -0.4 is 0 Å². The van der Waals surface area contributed by atoms with Gasteiger partial charge in [0.1, 0.15) is 0 Å². The van der Waals surface area contributed by atoms with Crippen molar-refractivity contribution in [2.45, 2.75) is 39.7 Å². The Kier molecular flexibility index (Phi) is 4.39. The Balaban J connectivity index is 1.62. The smallest absolute Gasteiger partial charge is 0.0483 e. The van der Waals surface area contributed by atoms with Crippen LogP contribution in [0.5, 0.6) is 0 Å². The van der Waals surface area contributed by atoms with Crippen molar-refractivity contribution in [2.75, 3.05) is 0 Å². The van der Waals surface area contributed by atoms with E-state index in [9.17, 15) is 0 Å². The number of benzene rings is 3. The molecule has 4 aromatic rings. The lowest BCUT2D eigenvalue weighted by Crippen LogP contribution is -2.10. The predicted molar refractivity (Wildman–Crippen MR) is 116 cm³/mol. The van der Waals surface area contributed by atoms with Crippen molar-refractivity contribution < 1.29 is 0 Å². The fraction of sp³-hybridized carbons (Fsp3) is 0.231. The van der Waals surface area contributed by atoms with E-state index in [4.69, 9.17) is 0 Å². The Hall–Kier alpha value is -2.80. The molecule has 0 unspecified atom stereocenters. The molecule has 0 bridgehead atoms. The number of rotatable bonds is 3. The molecule has 3 aromatic carbocycles. The number of hydrogen-bond donors (Lipinski definition) is 0. The number of aromatic nitrogens is 1. The molecule has 27 heavy (non-hydrogen) atoms. The van der Waals surface area contributed by atoms with Crippen molar-refractivity contribution >= 4 is 10.9 Å². The molecule has 0 aliphatic rings. The molecule has 0 spiro atoms. The first-order valence-corrected chi connectivity index (χ1v) is 9.65. The summed E-state index contributed by atoms with van der Waals surface area (Å²) in [5.74, 6) is 0. The summed E-state index contributed by atoms with van der Waals surface area (Å²) in [4.78, 5) is 0. The predicted octanol–water partition coefficient (Wildman–Crippen LogP) is 6.96. The van der Waals surface area contributed by atoms with Crippen molar-refractivity contribution in [1.29, 1.82) is 0 Å². The molecule has 1 heterocycles. The van der Waals surface area contributed by atoms with Gasteiger partial charge in [-0.1, -0.05) is 80.9 Å². The summed E-state index contributed by atoms with van der Waals surface area (Å²) in [6, 6.07) is 26.7. The van der Waals surface area contributed by atoms with E-state index < -0.39 is 0 Å². The minimum atomic E-state index is 0.199. The number of fused-ring (bicyclic) bond motifs is 1. The molecule has 0 saturated heterocycles. The third-order valence-corrected chi connectivity index (χ3v) is 5.30. The molecule has 0 N–H and O–H groups in total. The highest BCUT2D eigenvalue weighted by Gasteiger charge is 2.13. The van der Waals surface area contributed by atoms with Gasteiger partial charge >= 0.3 is 0 Å². The standard InChI is InChI=1S/C26H27N/c1-19-6-5-7-21(16-19)22-10-13-25-23(17-22)14-15-27(25)18-20-8-11-24(12-9-20)26(2,3)4/h5-17H,18H2,1-4H3. The van der Waals surface area contributed by atoms with Crippen LogP contribution >= 0.6 is 0 Å². The lowest BCUT2D eigenvalue weighted by Gasteiger charge is -2.19. The van der Waals surface area contributed by atoms with Crippen molar-refractivity contribution in [2.24, 2.45) is 0 Å². The van der Waals surface area contributed by atoms with E-state index in [1.165, 1.54) is 38.7 Å². The van der Waals surface area contributed by atoms with Crippen LogP contribution in [-0.2, 0) is 12.0 Å². The van der Waals surface area contributed by atoms with Gasteiger partial charge in [-0.15, -0.1) is 0 Å². The minimum Gasteiger partial charge on any atom is -0.343 e. The summed E-state index contributed by atoms with van der Waals surface area (Å²) in [6.07, 6.45) is 2.20. The topological polar surface area (TPSA) is 4.93 Å². The number of nitrogens with zero attached hydrogens (tertiary/aromatic N) is 1. The van der Waals surface area contributed by atoms with Gasteiger partial charge in [-0.3, -0.25) is 0 Å². The van der Waals surface area contributed by atoms with E-state index in [1.807, 2.05) is 0 Å². The Labute approximate surface area is 162 Å². The van der Waals surface area contributed by atoms with Gasteiger partial charge in [-0.2, -0.15) is 0 Å². The van der Waals surface area contributed by atoms with Crippen LogP contribution in [0.15, 0.2) is 79.0 Å². The van der Waals surface area contributed by atoms with Crippen LogP contribution in [0.25, 0.3) is 22.0 Å². The Morgan fingerprint density at radius 2 is 1.52 bits per heavy atom. The van der Waals surface area contributed by atoms with Crippen LogP contribution in [-0.4, -0.2) is 4.57 Å². The Morgan fingerprint density at radius 1 is 0.778 bits per heavy atom. The quantitative estimate of drug-likeness (QED) is 0.375. The lowest BCUT2D eigenvalue weighted by molar-refractivity contribution is 0.590. The molecule has 1 aromatic heterocycles. The number of hydrogen-bond acceptors (Lipinski definition) is 0. The molecular formula is C26H27N. The van der Waals surface area contributed by atoms with Crippen molar-refractivity contribution in [3.8, 4) is 11.1 Å². The zero-order valence-electron chi connectivity index (χ0n) is 16.7. The highest BCUT2D eigenvalue weighted by molar-refractivity contribution is 5.85. The summed E-state index contributed by atoms with van der Waals surface area (Å²) >= 11 is 0. The van der Waals surface area contributed by atoms with Gasteiger partial charge in [-0.25, -0.2) is 0 Å². The van der Waals surface area contributed by atoms with Crippen LogP contribution in [0.1, 0.15) is 37.5 Å². The van der Waals surface area contributed by atoms with Gasteiger partial charge in [0.05, 0.1) is 0 Å². The van der Waals surface area contributed by atoms with Crippen LogP contribution in [0.2, 0.25) is 0 Å². The van der Waals surface area contributed by atoms with E-state index in [2.05, 4.69) is 111 Å². The van der Waals surface area contributed by atoms with Crippen molar-refractivity contribution in [1.82, 2.24) is 4.57 Å². The first-order valence-electron chi connectivity index (χ1n) is 9.65. The van der Waals surface area contributed by atoms with Crippen LogP contribution in [0.4, 0.5) is 0 Å². The monoisotopic (exact) mass is 353 g/mol. The third-order valence-electron chi connectivity index (χ3n) is 5.30. The van der Waals surface area contributed by atoms with E-state index in [0.29, 0.717) is 0 Å². The van der Waals surface area contributed by atoms with Gasteiger partial charge in [-0.05, 0) is 52.8 Å². The molecule has 0 atom stereocenters. The highest BCUT2D eigenvalue weighted by atomic mass is 14.9. The van der Waals surface area contributed by atoms with Crippen molar-refractivity contribution in [3.05, 3.63) is 95.7 Å².